The number of para-hydroxylation sites is 1. The lowest BCUT2D eigenvalue weighted by atomic mass is 10.2. The van der Waals surface area contributed by atoms with Gasteiger partial charge in [-0.3, -0.25) is 9.59 Å². The Morgan fingerprint density at radius 1 is 0.931 bits per heavy atom. The van der Waals surface area contributed by atoms with Gasteiger partial charge in [-0.05, 0) is 43.2 Å². The van der Waals surface area contributed by atoms with Crippen molar-refractivity contribution in [2.75, 3.05) is 32.8 Å². The molecule has 2 amide bonds. The van der Waals surface area contributed by atoms with E-state index in [2.05, 4.69) is 0 Å². The highest BCUT2D eigenvalue weighted by atomic mass is 35.5. The maximum absolute atomic E-state index is 12.7. The minimum absolute atomic E-state index is 0.0464. The fraction of sp³-hybridized carbons (Fsp3) is 0.364. The Bertz CT molecular complexity index is 859. The van der Waals surface area contributed by atoms with Gasteiger partial charge in [0, 0.05) is 43.2 Å². The average Bonchev–Trinajstić information content (AvgIpc) is 2.98. The van der Waals surface area contributed by atoms with Gasteiger partial charge in [-0.25, -0.2) is 0 Å². The molecular weight excluding hydrogens is 411 g/mol. The lowest BCUT2D eigenvalue weighted by Crippen LogP contribution is -2.37. The molecule has 5 nitrogen and oxygen atoms in total. The summed E-state index contributed by atoms with van der Waals surface area (Å²) in [5.41, 5.74) is 0.578. The molecule has 0 aromatic heterocycles. The van der Waals surface area contributed by atoms with Crippen LogP contribution in [0.3, 0.4) is 0 Å². The van der Waals surface area contributed by atoms with Crippen molar-refractivity contribution >= 4 is 35.0 Å². The number of carbonyl (C=O) groups excluding carboxylic acids is 2. The monoisotopic (exact) mass is 434 g/mol. The first kappa shape index (κ1) is 21.5. The molecule has 0 aliphatic carbocycles. The van der Waals surface area contributed by atoms with Crippen molar-refractivity contribution in [1.29, 1.82) is 0 Å². The van der Waals surface area contributed by atoms with Crippen LogP contribution in [-0.2, 0) is 4.79 Å². The van der Waals surface area contributed by atoms with Crippen molar-refractivity contribution in [3.8, 4) is 5.75 Å². The minimum atomic E-state index is -0.0464. The number of benzene rings is 2. The van der Waals surface area contributed by atoms with Gasteiger partial charge in [0.2, 0.25) is 5.91 Å². The van der Waals surface area contributed by atoms with E-state index in [-0.39, 0.29) is 11.8 Å². The van der Waals surface area contributed by atoms with Crippen LogP contribution in [0, 0.1) is 0 Å². The molecular formula is C22H24Cl2N2O3. The van der Waals surface area contributed by atoms with Crippen LogP contribution >= 0.6 is 23.2 Å². The van der Waals surface area contributed by atoms with Gasteiger partial charge in [0.1, 0.15) is 5.75 Å². The smallest absolute Gasteiger partial charge is 0.253 e. The molecule has 0 spiro atoms. The number of nitrogens with zero attached hydrogens (tertiary/aromatic N) is 2. The van der Waals surface area contributed by atoms with Gasteiger partial charge < -0.3 is 14.5 Å². The second-order valence-corrected chi connectivity index (χ2v) is 7.76. The highest BCUT2D eigenvalue weighted by molar-refractivity contribution is 6.32. The van der Waals surface area contributed by atoms with Crippen molar-refractivity contribution in [1.82, 2.24) is 9.80 Å². The number of rotatable bonds is 6. The summed E-state index contributed by atoms with van der Waals surface area (Å²) in [5.74, 6) is 0.673. The van der Waals surface area contributed by atoms with Crippen molar-refractivity contribution < 1.29 is 14.3 Å². The molecule has 1 heterocycles. The second-order valence-electron chi connectivity index (χ2n) is 6.92. The van der Waals surface area contributed by atoms with Gasteiger partial charge in [0.05, 0.1) is 11.6 Å². The summed E-state index contributed by atoms with van der Waals surface area (Å²) in [6, 6.07) is 14.3. The predicted molar refractivity (Wildman–Crippen MR) is 115 cm³/mol. The fourth-order valence-electron chi connectivity index (χ4n) is 3.30. The molecule has 0 bridgehead atoms. The zero-order valence-corrected chi connectivity index (χ0v) is 17.7. The molecule has 0 radical (unpaired) electrons. The van der Waals surface area contributed by atoms with E-state index >= 15 is 0 Å². The van der Waals surface area contributed by atoms with Gasteiger partial charge in [-0.2, -0.15) is 0 Å². The molecule has 2 aromatic carbocycles. The normalized spacial score (nSPS) is 14.4. The molecule has 0 saturated carbocycles. The average molecular weight is 435 g/mol. The summed E-state index contributed by atoms with van der Waals surface area (Å²) in [7, 11) is 0. The largest absolute Gasteiger partial charge is 0.492 e. The molecule has 1 aliphatic heterocycles. The van der Waals surface area contributed by atoms with Crippen LogP contribution in [0.25, 0.3) is 0 Å². The Morgan fingerprint density at radius 2 is 1.69 bits per heavy atom. The number of halogens is 2. The molecule has 0 N–H and O–H groups in total. The SMILES string of the molecule is O=C(CCCOc1ccccc1Cl)N1CCCN(C(=O)c2cccc(Cl)c2)CC1. The van der Waals surface area contributed by atoms with E-state index < -0.39 is 0 Å². The second kappa shape index (κ2) is 10.5. The van der Waals surface area contributed by atoms with Gasteiger partial charge in [-0.15, -0.1) is 0 Å². The summed E-state index contributed by atoms with van der Waals surface area (Å²) < 4.78 is 5.64. The van der Waals surface area contributed by atoms with Crippen molar-refractivity contribution in [2.45, 2.75) is 19.3 Å². The van der Waals surface area contributed by atoms with Crippen LogP contribution in [0.2, 0.25) is 10.0 Å². The first-order valence-electron chi connectivity index (χ1n) is 9.74. The van der Waals surface area contributed by atoms with Crippen LogP contribution in [0.1, 0.15) is 29.6 Å². The van der Waals surface area contributed by atoms with Gasteiger partial charge >= 0.3 is 0 Å². The van der Waals surface area contributed by atoms with Crippen molar-refractivity contribution in [3.63, 3.8) is 0 Å². The quantitative estimate of drug-likeness (QED) is 0.627. The number of hydrogen-bond donors (Lipinski definition) is 0. The van der Waals surface area contributed by atoms with Crippen LogP contribution in [-0.4, -0.2) is 54.4 Å². The third-order valence-electron chi connectivity index (χ3n) is 4.84. The Balaban J connectivity index is 1.44. The Hall–Kier alpha value is -2.24. The molecule has 1 aliphatic rings. The molecule has 29 heavy (non-hydrogen) atoms. The van der Waals surface area contributed by atoms with Gasteiger partial charge in [0.15, 0.2) is 0 Å². The first-order chi connectivity index (χ1) is 14.0. The highest BCUT2D eigenvalue weighted by Gasteiger charge is 2.22. The number of amides is 2. The molecule has 7 heteroatoms. The predicted octanol–water partition coefficient (Wildman–Crippen LogP) is 4.53. The van der Waals surface area contributed by atoms with Crippen molar-refractivity contribution in [3.05, 3.63) is 64.1 Å². The highest BCUT2D eigenvalue weighted by Crippen LogP contribution is 2.23. The lowest BCUT2D eigenvalue weighted by Gasteiger charge is -2.22. The molecule has 1 saturated heterocycles. The third-order valence-corrected chi connectivity index (χ3v) is 5.38. The van der Waals surface area contributed by atoms with Crippen LogP contribution in [0.5, 0.6) is 5.75 Å². The summed E-state index contributed by atoms with van der Waals surface area (Å²) >= 11 is 12.0. The Labute approximate surface area is 181 Å². The lowest BCUT2D eigenvalue weighted by molar-refractivity contribution is -0.131. The van der Waals surface area contributed by atoms with Crippen molar-refractivity contribution in [2.24, 2.45) is 0 Å². The number of hydrogen-bond acceptors (Lipinski definition) is 3. The molecule has 154 valence electrons. The zero-order chi connectivity index (χ0) is 20.6. The fourth-order valence-corrected chi connectivity index (χ4v) is 3.68. The maximum Gasteiger partial charge on any atom is 0.253 e. The van der Waals surface area contributed by atoms with Gasteiger partial charge in [-0.1, -0.05) is 41.4 Å². The van der Waals surface area contributed by atoms with E-state index in [1.807, 2.05) is 23.1 Å². The summed E-state index contributed by atoms with van der Waals surface area (Å²) in [6.45, 7) is 2.78. The van der Waals surface area contributed by atoms with Crippen LogP contribution in [0.15, 0.2) is 48.5 Å². The molecule has 1 fully saturated rings. The maximum atomic E-state index is 12.7. The number of carbonyl (C=O) groups is 2. The van der Waals surface area contributed by atoms with Gasteiger partial charge in [0.25, 0.3) is 5.91 Å². The van der Waals surface area contributed by atoms with E-state index in [0.717, 1.165) is 6.42 Å². The van der Waals surface area contributed by atoms with E-state index in [4.69, 9.17) is 27.9 Å². The van der Waals surface area contributed by atoms with E-state index in [1.165, 1.54) is 0 Å². The summed E-state index contributed by atoms with van der Waals surface area (Å²) in [4.78, 5) is 28.9. The summed E-state index contributed by atoms with van der Waals surface area (Å²) in [5, 5.41) is 1.11. The van der Waals surface area contributed by atoms with Crippen LogP contribution < -0.4 is 4.74 Å². The molecule has 3 rings (SSSR count). The van der Waals surface area contributed by atoms with E-state index in [9.17, 15) is 9.59 Å². The third kappa shape index (κ3) is 6.12. The van der Waals surface area contributed by atoms with E-state index in [0.29, 0.717) is 67.0 Å². The standard InChI is InChI=1S/C22H24Cl2N2O3/c23-18-7-3-6-17(16-18)22(28)26-12-5-11-25(13-14-26)21(27)10-4-15-29-20-9-2-1-8-19(20)24/h1-3,6-9,16H,4-5,10-15H2. The Kier molecular flexibility index (Phi) is 7.78. The number of ether oxygens (including phenoxy) is 1. The van der Waals surface area contributed by atoms with E-state index in [1.54, 1.807) is 35.2 Å². The molecule has 0 atom stereocenters. The zero-order valence-electron chi connectivity index (χ0n) is 16.2. The topological polar surface area (TPSA) is 49.9 Å². The minimum Gasteiger partial charge on any atom is -0.492 e. The molecule has 2 aromatic rings. The Morgan fingerprint density at radius 3 is 2.48 bits per heavy atom. The van der Waals surface area contributed by atoms with Crippen LogP contribution in [0.4, 0.5) is 0 Å². The molecule has 0 unspecified atom stereocenters. The first-order valence-corrected chi connectivity index (χ1v) is 10.5. The summed E-state index contributed by atoms with van der Waals surface area (Å²) in [6.07, 6.45) is 1.78.